The van der Waals surface area contributed by atoms with Gasteiger partial charge in [-0.3, -0.25) is 0 Å². The number of aliphatic hydroxyl groups excluding tert-OH is 1. The summed E-state index contributed by atoms with van der Waals surface area (Å²) in [5, 5.41) is 21.5. The highest BCUT2D eigenvalue weighted by molar-refractivity contribution is 5.30. The van der Waals surface area contributed by atoms with Gasteiger partial charge in [0.1, 0.15) is 0 Å². The lowest BCUT2D eigenvalue weighted by molar-refractivity contribution is -0.117. The van der Waals surface area contributed by atoms with Crippen molar-refractivity contribution in [3.05, 3.63) is 11.6 Å². The Kier molecular flexibility index (Phi) is 3.33. The minimum atomic E-state index is -1.35. The minimum Gasteiger partial charge on any atom is -0.389 e. The molecule has 0 amide bonds. The van der Waals surface area contributed by atoms with Gasteiger partial charge < -0.3 is 10.2 Å². The van der Waals surface area contributed by atoms with Crippen LogP contribution in [0.3, 0.4) is 0 Å². The zero-order valence-electron chi connectivity index (χ0n) is 14.5. The summed E-state index contributed by atoms with van der Waals surface area (Å²) in [6.07, 6.45) is 16.5. The fourth-order valence-corrected chi connectivity index (χ4v) is 6.98. The van der Waals surface area contributed by atoms with Crippen molar-refractivity contribution in [2.24, 2.45) is 28.6 Å². The third-order valence-electron chi connectivity index (χ3n) is 8.46. The number of aliphatic hydroxyl groups is 2. The summed E-state index contributed by atoms with van der Waals surface area (Å²) in [6.45, 7) is 4.61. The van der Waals surface area contributed by atoms with Gasteiger partial charge in [-0.25, -0.2) is 0 Å². The van der Waals surface area contributed by atoms with Crippen LogP contribution in [0.5, 0.6) is 0 Å². The number of rotatable bonds is 0. The first-order valence-electron chi connectivity index (χ1n) is 9.44. The van der Waals surface area contributed by atoms with E-state index in [4.69, 9.17) is 6.42 Å². The number of hydrogen-bond acceptors (Lipinski definition) is 2. The highest BCUT2D eigenvalue weighted by atomic mass is 16.3. The topological polar surface area (TPSA) is 40.5 Å². The largest absolute Gasteiger partial charge is 0.389 e. The molecule has 0 bridgehead atoms. The minimum absolute atomic E-state index is 0.335. The summed E-state index contributed by atoms with van der Waals surface area (Å²) in [6, 6.07) is 0. The van der Waals surface area contributed by atoms with E-state index < -0.39 is 11.7 Å². The summed E-state index contributed by atoms with van der Waals surface area (Å²) in [5.41, 5.74) is 0.364. The van der Waals surface area contributed by atoms with Gasteiger partial charge in [0.25, 0.3) is 0 Å². The maximum Gasteiger partial charge on any atom is 0.156 e. The number of terminal acetylenes is 1. The molecule has 3 fully saturated rings. The quantitative estimate of drug-likeness (QED) is 0.529. The zero-order chi connectivity index (χ0) is 16.5. The predicted molar refractivity (Wildman–Crippen MR) is 91.5 cm³/mol. The Morgan fingerprint density at radius 3 is 2.74 bits per heavy atom. The highest BCUT2D eigenvalue weighted by Crippen LogP contribution is 2.66. The molecule has 4 aliphatic rings. The number of fused-ring (bicyclic) bond motifs is 5. The van der Waals surface area contributed by atoms with Crippen molar-refractivity contribution in [3.8, 4) is 12.3 Å². The van der Waals surface area contributed by atoms with Gasteiger partial charge in [0.15, 0.2) is 5.60 Å². The zero-order valence-corrected chi connectivity index (χ0v) is 14.5. The first kappa shape index (κ1) is 15.7. The van der Waals surface area contributed by atoms with Crippen LogP contribution in [0.25, 0.3) is 0 Å². The molecule has 0 aromatic rings. The third-order valence-corrected chi connectivity index (χ3v) is 8.46. The van der Waals surface area contributed by atoms with Crippen molar-refractivity contribution in [3.63, 3.8) is 0 Å². The second kappa shape index (κ2) is 4.87. The smallest absolute Gasteiger partial charge is 0.156 e. The van der Waals surface area contributed by atoms with E-state index in [1.807, 2.05) is 0 Å². The van der Waals surface area contributed by atoms with Crippen molar-refractivity contribution in [2.75, 3.05) is 0 Å². The first-order chi connectivity index (χ1) is 10.9. The maximum absolute atomic E-state index is 11.0. The number of allylic oxidation sites excluding steroid dienone is 2. The van der Waals surface area contributed by atoms with Crippen LogP contribution in [0.1, 0.15) is 65.2 Å². The van der Waals surface area contributed by atoms with Crippen LogP contribution in [-0.4, -0.2) is 21.9 Å². The lowest BCUT2D eigenvalue weighted by atomic mass is 9.47. The summed E-state index contributed by atoms with van der Waals surface area (Å²) in [5.74, 6) is 4.19. The van der Waals surface area contributed by atoms with E-state index in [2.05, 4.69) is 25.8 Å². The molecule has 7 atom stereocenters. The molecule has 0 saturated heterocycles. The standard InChI is InChI=1S/C21H30O2/c1-4-21(23)18(22)13-17-15-9-8-14-7-5-6-11-19(14,2)16(15)10-12-20(17,21)3/h1,8,15-18,22-23H,5-7,9-13H2,2-3H3/t15?,16?,17?,18-,19+,20+,21+/m1/s1. The van der Waals surface area contributed by atoms with Crippen LogP contribution in [0.2, 0.25) is 0 Å². The van der Waals surface area contributed by atoms with Crippen molar-refractivity contribution in [1.82, 2.24) is 0 Å². The van der Waals surface area contributed by atoms with Crippen LogP contribution in [0.4, 0.5) is 0 Å². The van der Waals surface area contributed by atoms with Crippen molar-refractivity contribution < 1.29 is 10.2 Å². The second-order valence-corrected chi connectivity index (χ2v) is 9.08. The molecule has 126 valence electrons. The van der Waals surface area contributed by atoms with Gasteiger partial charge in [-0.05, 0) is 68.1 Å². The molecule has 3 unspecified atom stereocenters. The van der Waals surface area contributed by atoms with Gasteiger partial charge >= 0.3 is 0 Å². The molecule has 0 aliphatic heterocycles. The molecule has 0 heterocycles. The predicted octanol–water partition coefficient (Wildman–Crippen LogP) is 3.67. The Morgan fingerprint density at radius 2 is 2.00 bits per heavy atom. The summed E-state index contributed by atoms with van der Waals surface area (Å²) >= 11 is 0. The van der Waals surface area contributed by atoms with Crippen LogP contribution in [0.15, 0.2) is 11.6 Å². The van der Waals surface area contributed by atoms with Crippen LogP contribution < -0.4 is 0 Å². The fraction of sp³-hybridized carbons (Fsp3) is 0.810. The SMILES string of the molecule is C#C[C@]1(O)[C@H](O)CC2C3CC=C4CCCC[C@]4(C)C3CC[C@@]21C. The Labute approximate surface area is 140 Å². The fourth-order valence-electron chi connectivity index (χ4n) is 6.98. The lowest BCUT2D eigenvalue weighted by Crippen LogP contribution is -2.55. The van der Waals surface area contributed by atoms with E-state index in [1.165, 1.54) is 25.7 Å². The Bertz CT molecular complexity index is 587. The van der Waals surface area contributed by atoms with Gasteiger partial charge in [-0.1, -0.05) is 37.8 Å². The lowest BCUT2D eigenvalue weighted by Gasteiger charge is -2.58. The molecule has 4 aliphatic carbocycles. The summed E-state index contributed by atoms with van der Waals surface area (Å²) in [7, 11) is 0. The van der Waals surface area contributed by atoms with E-state index in [-0.39, 0.29) is 5.41 Å². The van der Waals surface area contributed by atoms with Crippen molar-refractivity contribution >= 4 is 0 Å². The molecular formula is C21H30O2. The molecule has 0 aromatic carbocycles. The van der Waals surface area contributed by atoms with Crippen LogP contribution in [-0.2, 0) is 0 Å². The van der Waals surface area contributed by atoms with E-state index in [0.717, 1.165) is 19.3 Å². The Hall–Kier alpha value is -0.780. The van der Waals surface area contributed by atoms with E-state index in [1.54, 1.807) is 5.57 Å². The Morgan fingerprint density at radius 1 is 1.22 bits per heavy atom. The molecule has 0 radical (unpaired) electrons. The molecule has 23 heavy (non-hydrogen) atoms. The van der Waals surface area contributed by atoms with Crippen LogP contribution in [0, 0.1) is 40.9 Å². The second-order valence-electron chi connectivity index (χ2n) is 9.08. The van der Waals surface area contributed by atoms with Gasteiger partial charge in [-0.15, -0.1) is 6.42 Å². The maximum atomic E-state index is 11.0. The molecule has 0 spiro atoms. The monoisotopic (exact) mass is 314 g/mol. The molecule has 0 aromatic heterocycles. The molecule has 2 N–H and O–H groups in total. The van der Waals surface area contributed by atoms with Gasteiger partial charge in [-0.2, -0.15) is 0 Å². The summed E-state index contributed by atoms with van der Waals surface area (Å²) in [4.78, 5) is 0. The number of hydrogen-bond donors (Lipinski definition) is 2. The molecular weight excluding hydrogens is 284 g/mol. The average Bonchev–Trinajstić information content (AvgIpc) is 2.75. The van der Waals surface area contributed by atoms with Crippen molar-refractivity contribution in [1.29, 1.82) is 0 Å². The normalized spacial score (nSPS) is 55.2. The van der Waals surface area contributed by atoms with E-state index in [9.17, 15) is 10.2 Å². The van der Waals surface area contributed by atoms with Gasteiger partial charge in [0, 0.05) is 5.41 Å². The summed E-state index contributed by atoms with van der Waals surface area (Å²) < 4.78 is 0. The van der Waals surface area contributed by atoms with Gasteiger partial charge in [0.2, 0.25) is 0 Å². The van der Waals surface area contributed by atoms with Crippen LogP contribution >= 0.6 is 0 Å². The van der Waals surface area contributed by atoms with Gasteiger partial charge in [0.05, 0.1) is 6.10 Å². The molecule has 2 nitrogen and oxygen atoms in total. The average molecular weight is 314 g/mol. The van der Waals surface area contributed by atoms with E-state index in [0.29, 0.717) is 29.6 Å². The highest BCUT2D eigenvalue weighted by Gasteiger charge is 2.66. The first-order valence-corrected chi connectivity index (χ1v) is 9.44. The molecule has 3 saturated carbocycles. The third kappa shape index (κ3) is 1.79. The molecule has 4 rings (SSSR count). The van der Waals surface area contributed by atoms with E-state index >= 15 is 0 Å². The van der Waals surface area contributed by atoms with Crippen molar-refractivity contribution in [2.45, 2.75) is 76.9 Å². The molecule has 2 heteroatoms. The Balaban J connectivity index is 1.73.